The largest absolute Gasteiger partial charge is 2.00 e. The van der Waals surface area contributed by atoms with Gasteiger partial charge in [0.2, 0.25) is 0 Å². The van der Waals surface area contributed by atoms with Gasteiger partial charge in [-0.05, 0) is 51.6 Å². The third-order valence-electron chi connectivity index (χ3n) is 17.1. The van der Waals surface area contributed by atoms with Gasteiger partial charge < -0.3 is 30.4 Å². The number of rotatable bonds is 68. The van der Waals surface area contributed by atoms with Crippen LogP contribution in [0.25, 0.3) is 0 Å². The number of carboxylic acids is 2. The minimum atomic E-state index is -0.903. The molecule has 0 atom stereocenters. The average Bonchev–Trinajstić information content (AvgIpc) is 3.45. The fourth-order valence-electron chi connectivity index (χ4n) is 11.6. The zero-order valence-electron chi connectivity index (χ0n) is 56.4. The molecule has 0 aliphatic heterocycles. The SMILES string of the molecule is CCCCCCCCCCCCCCCCCC(=O)[O-].CCCCCCCCCCCCCCCCCC(=O)[O-].CCCCCCCCCCCCCCCCCCN(CCN)CCCCCCCCCCCCCCCCCC.[Ca+2]. The molecule has 0 rings (SSSR count). The summed E-state index contributed by atoms with van der Waals surface area (Å²) in [6.07, 6.45) is 86.1. The molecule has 0 aromatic rings. The van der Waals surface area contributed by atoms with Crippen LogP contribution in [0, 0.1) is 0 Å². The molecule has 0 saturated carbocycles. The molecule has 7 heteroatoms. The maximum atomic E-state index is 10.2. The number of unbranched alkanes of at least 4 members (excludes halogenated alkanes) is 58. The predicted molar refractivity (Wildman–Crippen MR) is 359 cm³/mol. The van der Waals surface area contributed by atoms with E-state index in [0.29, 0.717) is 0 Å². The number of carbonyl (C=O) groups excluding carboxylic acids is 2. The number of nitrogens with zero attached hydrogens (tertiary/aromatic N) is 1. The monoisotopic (exact) mass is 1170 g/mol. The van der Waals surface area contributed by atoms with Gasteiger partial charge in [0.05, 0.1) is 0 Å². The first-order chi connectivity index (χ1) is 39.4. The summed E-state index contributed by atoms with van der Waals surface area (Å²) in [5.41, 5.74) is 5.91. The Labute approximate surface area is 541 Å². The maximum absolute atomic E-state index is 10.2. The van der Waals surface area contributed by atoms with E-state index in [4.69, 9.17) is 5.73 Å². The molecular weight excluding hydrogens is 1020 g/mol. The van der Waals surface area contributed by atoms with Gasteiger partial charge in [0.25, 0.3) is 0 Å². The van der Waals surface area contributed by atoms with E-state index < -0.39 is 11.9 Å². The number of carbonyl (C=O) groups is 2. The predicted octanol–water partition coefficient (Wildman–Crippen LogP) is 22.4. The normalized spacial score (nSPS) is 11.1. The van der Waals surface area contributed by atoms with Crippen molar-refractivity contribution >= 4 is 49.7 Å². The van der Waals surface area contributed by atoms with Gasteiger partial charge in [-0.15, -0.1) is 0 Å². The Kier molecular flexibility index (Phi) is 91.2. The summed E-state index contributed by atoms with van der Waals surface area (Å²) in [7, 11) is 0. The summed E-state index contributed by atoms with van der Waals surface area (Å²) in [5.74, 6) is -1.81. The summed E-state index contributed by atoms with van der Waals surface area (Å²) < 4.78 is 0. The van der Waals surface area contributed by atoms with E-state index in [0.717, 1.165) is 38.8 Å². The first-order valence-corrected chi connectivity index (χ1v) is 37.2. The Morgan fingerprint density at radius 3 is 0.506 bits per heavy atom. The van der Waals surface area contributed by atoms with Crippen molar-refractivity contribution in [1.29, 1.82) is 0 Å². The van der Waals surface area contributed by atoms with Crippen LogP contribution in [0.3, 0.4) is 0 Å². The van der Waals surface area contributed by atoms with E-state index in [9.17, 15) is 19.8 Å². The minimum Gasteiger partial charge on any atom is -0.550 e. The zero-order valence-corrected chi connectivity index (χ0v) is 58.7. The number of carboxylic acid groups (broad SMARTS) is 2. The van der Waals surface area contributed by atoms with Gasteiger partial charge in [-0.3, -0.25) is 0 Å². The molecule has 0 aliphatic rings. The van der Waals surface area contributed by atoms with Crippen molar-refractivity contribution in [3.63, 3.8) is 0 Å². The molecule has 81 heavy (non-hydrogen) atoms. The van der Waals surface area contributed by atoms with Crippen LogP contribution >= 0.6 is 0 Å². The van der Waals surface area contributed by atoms with Crippen molar-refractivity contribution in [3.05, 3.63) is 0 Å². The van der Waals surface area contributed by atoms with Gasteiger partial charge in [0.1, 0.15) is 0 Å². The maximum Gasteiger partial charge on any atom is 2.00 e. The van der Waals surface area contributed by atoms with Crippen molar-refractivity contribution in [3.8, 4) is 0 Å². The molecule has 0 radical (unpaired) electrons. The first kappa shape index (κ1) is 87.6. The second-order valence-electron chi connectivity index (χ2n) is 25.4. The van der Waals surface area contributed by atoms with E-state index in [1.807, 2.05) is 0 Å². The van der Waals surface area contributed by atoms with E-state index >= 15 is 0 Å². The molecule has 0 unspecified atom stereocenters. The molecule has 0 spiro atoms. The molecule has 0 amide bonds. The van der Waals surface area contributed by atoms with Gasteiger partial charge in [-0.2, -0.15) is 0 Å². The molecular formula is C74H150CaN2O4. The standard InChI is InChI=1S/C38H80N2.2C18H36O2.Ca/c1-3-5-7-9-11-13-15-17-19-21-23-25-27-29-31-33-36-40(38-35-39)37-34-32-30-28-26-24-22-20-18-16-14-12-10-8-6-4-2;2*1-2-3-4-5-6-7-8-9-10-11-12-13-14-15-16-17-18(19)20;/h3-39H2,1-2H3;2*2-17H2,1H3,(H,19,20);/q;;;+2/p-2. The van der Waals surface area contributed by atoms with Crippen molar-refractivity contribution in [1.82, 2.24) is 4.90 Å². The van der Waals surface area contributed by atoms with Crippen LogP contribution in [0.4, 0.5) is 0 Å². The molecule has 482 valence electrons. The first-order valence-electron chi connectivity index (χ1n) is 37.2. The smallest absolute Gasteiger partial charge is 0.550 e. The van der Waals surface area contributed by atoms with Crippen LogP contribution in [-0.4, -0.2) is 80.8 Å². The molecule has 6 nitrogen and oxygen atoms in total. The van der Waals surface area contributed by atoms with Crippen LogP contribution < -0.4 is 15.9 Å². The van der Waals surface area contributed by atoms with E-state index in [1.54, 1.807) is 0 Å². The number of hydrogen-bond acceptors (Lipinski definition) is 6. The number of hydrogen-bond donors (Lipinski definition) is 1. The second-order valence-corrected chi connectivity index (χ2v) is 25.4. The number of nitrogens with two attached hydrogens (primary N) is 1. The van der Waals surface area contributed by atoms with Crippen LogP contribution in [0.2, 0.25) is 0 Å². The quantitative estimate of drug-likeness (QED) is 0.0480. The van der Waals surface area contributed by atoms with Gasteiger partial charge in [0.15, 0.2) is 0 Å². The molecule has 2 N–H and O–H groups in total. The second kappa shape index (κ2) is 84.3. The minimum absolute atomic E-state index is 0. The van der Waals surface area contributed by atoms with E-state index in [2.05, 4.69) is 32.6 Å². The Hall–Kier alpha value is 0.120. The molecule has 0 aliphatic carbocycles. The third-order valence-corrected chi connectivity index (χ3v) is 17.1. The van der Waals surface area contributed by atoms with Crippen LogP contribution in [-0.2, 0) is 9.59 Å². The molecule has 0 aromatic carbocycles. The van der Waals surface area contributed by atoms with E-state index in [1.165, 1.54) is 385 Å². The van der Waals surface area contributed by atoms with Gasteiger partial charge in [-0.25, -0.2) is 0 Å². The van der Waals surface area contributed by atoms with Crippen LogP contribution in [0.1, 0.15) is 439 Å². The summed E-state index contributed by atoms with van der Waals surface area (Å²) in [5, 5.41) is 20.4. The van der Waals surface area contributed by atoms with E-state index in [-0.39, 0.29) is 50.6 Å². The van der Waals surface area contributed by atoms with Gasteiger partial charge >= 0.3 is 37.7 Å². The van der Waals surface area contributed by atoms with Crippen molar-refractivity contribution in [2.75, 3.05) is 26.2 Å². The molecule has 0 fully saturated rings. The third kappa shape index (κ3) is 91.5. The Morgan fingerprint density at radius 1 is 0.235 bits per heavy atom. The molecule has 0 aromatic heterocycles. The van der Waals surface area contributed by atoms with Crippen LogP contribution in [0.5, 0.6) is 0 Å². The number of aliphatic carboxylic acids is 2. The Bertz CT molecular complexity index is 1010. The molecule has 0 saturated heterocycles. The summed E-state index contributed by atoms with van der Waals surface area (Å²) >= 11 is 0. The molecule has 0 heterocycles. The Morgan fingerprint density at radius 2 is 0.370 bits per heavy atom. The van der Waals surface area contributed by atoms with Crippen LogP contribution in [0.15, 0.2) is 0 Å². The summed E-state index contributed by atoms with van der Waals surface area (Å²) in [4.78, 5) is 23.1. The Balaban J connectivity index is -0.000000606. The summed E-state index contributed by atoms with van der Waals surface area (Å²) in [6.45, 7) is 13.6. The fraction of sp³-hybridized carbons (Fsp3) is 0.973. The topological polar surface area (TPSA) is 110 Å². The van der Waals surface area contributed by atoms with Gasteiger partial charge in [-0.1, -0.05) is 400 Å². The summed E-state index contributed by atoms with van der Waals surface area (Å²) in [6, 6.07) is 0. The average molecular weight is 1170 g/mol. The zero-order chi connectivity index (χ0) is 58.8. The van der Waals surface area contributed by atoms with Gasteiger partial charge in [0, 0.05) is 25.0 Å². The van der Waals surface area contributed by atoms with Crippen molar-refractivity contribution in [2.24, 2.45) is 5.73 Å². The molecule has 0 bridgehead atoms. The van der Waals surface area contributed by atoms with Crippen molar-refractivity contribution in [2.45, 2.75) is 439 Å². The fourth-order valence-corrected chi connectivity index (χ4v) is 11.6. The van der Waals surface area contributed by atoms with Crippen molar-refractivity contribution < 1.29 is 19.8 Å².